The van der Waals surface area contributed by atoms with Crippen molar-refractivity contribution in [1.82, 2.24) is 4.57 Å². The van der Waals surface area contributed by atoms with Gasteiger partial charge < -0.3 is 9.30 Å². The minimum Gasteiger partial charge on any atom is -0.486 e. The Hall–Kier alpha value is -1.84. The number of benzene rings is 1. The molecular formula is C11H8FNO2. The van der Waals surface area contributed by atoms with Crippen LogP contribution in [0.15, 0.2) is 29.1 Å². The monoisotopic (exact) mass is 205 g/mol. The van der Waals surface area contributed by atoms with Crippen LogP contribution in [0, 0.1) is 5.82 Å². The zero-order valence-corrected chi connectivity index (χ0v) is 7.87. The second-order valence-corrected chi connectivity index (χ2v) is 3.49. The first-order chi connectivity index (χ1) is 7.27. The minimum absolute atomic E-state index is 0.113. The lowest BCUT2D eigenvalue weighted by Crippen LogP contribution is -2.26. The third-order valence-electron chi connectivity index (χ3n) is 2.62. The normalized spacial score (nSPS) is 13.9. The van der Waals surface area contributed by atoms with E-state index in [9.17, 15) is 9.18 Å². The fourth-order valence-electron chi connectivity index (χ4n) is 1.93. The second-order valence-electron chi connectivity index (χ2n) is 3.49. The minimum atomic E-state index is -0.415. The van der Waals surface area contributed by atoms with Gasteiger partial charge in [-0.05, 0) is 18.2 Å². The fourth-order valence-corrected chi connectivity index (χ4v) is 1.93. The molecular weight excluding hydrogens is 197 g/mol. The Morgan fingerprint density at radius 3 is 2.93 bits per heavy atom. The van der Waals surface area contributed by atoms with Crippen LogP contribution in [-0.2, 0) is 6.54 Å². The van der Waals surface area contributed by atoms with E-state index in [0.717, 1.165) is 5.39 Å². The van der Waals surface area contributed by atoms with Gasteiger partial charge in [0.15, 0.2) is 11.6 Å². The molecule has 1 aliphatic rings. The first kappa shape index (κ1) is 8.47. The van der Waals surface area contributed by atoms with Gasteiger partial charge in [0.05, 0.1) is 12.1 Å². The Morgan fingerprint density at radius 1 is 1.27 bits per heavy atom. The summed E-state index contributed by atoms with van der Waals surface area (Å²) < 4.78 is 20.2. The summed E-state index contributed by atoms with van der Waals surface area (Å²) in [5.41, 5.74) is 0.450. The summed E-state index contributed by atoms with van der Waals surface area (Å²) in [5.74, 6) is -0.224. The standard InChI is InChI=1S/C11H8FNO2/c12-8-3-1-7-2-4-9(14)13-5-6-15-11(8)10(7)13/h1-4H,5-6H2. The smallest absolute Gasteiger partial charge is 0.251 e. The highest BCUT2D eigenvalue weighted by Crippen LogP contribution is 2.29. The number of aromatic nitrogens is 1. The first-order valence-corrected chi connectivity index (χ1v) is 4.72. The van der Waals surface area contributed by atoms with Gasteiger partial charge in [0.1, 0.15) is 6.61 Å². The largest absolute Gasteiger partial charge is 0.486 e. The topological polar surface area (TPSA) is 31.2 Å². The van der Waals surface area contributed by atoms with Gasteiger partial charge in [-0.2, -0.15) is 0 Å². The van der Waals surface area contributed by atoms with Crippen LogP contribution in [0.4, 0.5) is 4.39 Å². The summed E-state index contributed by atoms with van der Waals surface area (Å²) in [5, 5.41) is 0.825. The number of pyridine rings is 1. The number of hydrogen-bond donors (Lipinski definition) is 0. The summed E-state index contributed by atoms with van der Waals surface area (Å²) in [7, 11) is 0. The summed E-state index contributed by atoms with van der Waals surface area (Å²) >= 11 is 0. The number of ether oxygens (including phenoxy) is 1. The third kappa shape index (κ3) is 1.08. The lowest BCUT2D eigenvalue weighted by Gasteiger charge is -2.20. The van der Waals surface area contributed by atoms with E-state index in [2.05, 4.69) is 0 Å². The molecule has 2 heterocycles. The van der Waals surface area contributed by atoms with Crippen LogP contribution in [0.25, 0.3) is 10.9 Å². The molecule has 0 fully saturated rings. The molecule has 0 radical (unpaired) electrons. The van der Waals surface area contributed by atoms with E-state index >= 15 is 0 Å². The number of nitrogens with zero attached hydrogens (tertiary/aromatic N) is 1. The maximum Gasteiger partial charge on any atom is 0.251 e. The van der Waals surface area contributed by atoms with Crippen molar-refractivity contribution >= 4 is 10.9 Å². The number of rotatable bonds is 0. The third-order valence-corrected chi connectivity index (χ3v) is 2.62. The van der Waals surface area contributed by atoms with E-state index in [1.807, 2.05) is 0 Å². The predicted molar refractivity (Wildman–Crippen MR) is 53.7 cm³/mol. The molecule has 0 unspecified atom stereocenters. The van der Waals surface area contributed by atoms with E-state index < -0.39 is 5.82 Å². The van der Waals surface area contributed by atoms with E-state index in [-0.39, 0.29) is 11.3 Å². The molecule has 1 aromatic carbocycles. The van der Waals surface area contributed by atoms with Crippen molar-refractivity contribution in [2.75, 3.05) is 6.61 Å². The summed E-state index contributed by atoms with van der Waals surface area (Å²) in [6, 6.07) is 6.19. The van der Waals surface area contributed by atoms with Crippen molar-refractivity contribution in [3.8, 4) is 5.75 Å². The SMILES string of the molecule is O=c1ccc2ccc(F)c3c2n1CCO3. The van der Waals surface area contributed by atoms with Gasteiger partial charge in [-0.1, -0.05) is 0 Å². The highest BCUT2D eigenvalue weighted by Gasteiger charge is 2.17. The molecule has 0 saturated heterocycles. The van der Waals surface area contributed by atoms with E-state index in [0.29, 0.717) is 18.7 Å². The maximum atomic E-state index is 13.4. The van der Waals surface area contributed by atoms with Crippen molar-refractivity contribution < 1.29 is 9.13 Å². The Balaban J connectivity index is 2.57. The van der Waals surface area contributed by atoms with Crippen molar-refractivity contribution in [3.63, 3.8) is 0 Å². The zero-order chi connectivity index (χ0) is 10.4. The maximum absolute atomic E-state index is 13.4. The number of hydrogen-bond acceptors (Lipinski definition) is 2. The molecule has 0 saturated carbocycles. The van der Waals surface area contributed by atoms with Crippen LogP contribution in [0.5, 0.6) is 5.75 Å². The fraction of sp³-hybridized carbons (Fsp3) is 0.182. The Bertz CT molecular complexity index is 603. The average Bonchev–Trinajstić information content (AvgIpc) is 2.27. The molecule has 0 aliphatic carbocycles. The molecule has 1 aliphatic heterocycles. The van der Waals surface area contributed by atoms with Crippen LogP contribution in [-0.4, -0.2) is 11.2 Å². The summed E-state index contributed by atoms with van der Waals surface area (Å²) in [6.07, 6.45) is 0. The van der Waals surface area contributed by atoms with E-state index in [1.165, 1.54) is 12.1 Å². The summed E-state index contributed by atoms with van der Waals surface area (Å²) in [4.78, 5) is 11.5. The van der Waals surface area contributed by atoms with Crippen molar-refractivity contribution in [3.05, 3.63) is 40.4 Å². The van der Waals surface area contributed by atoms with Crippen LogP contribution in [0.2, 0.25) is 0 Å². The highest BCUT2D eigenvalue weighted by atomic mass is 19.1. The van der Waals surface area contributed by atoms with Gasteiger partial charge in [-0.15, -0.1) is 0 Å². The Kier molecular flexibility index (Phi) is 1.59. The van der Waals surface area contributed by atoms with Crippen LogP contribution >= 0.6 is 0 Å². The van der Waals surface area contributed by atoms with E-state index in [4.69, 9.17) is 4.74 Å². The van der Waals surface area contributed by atoms with Crippen LogP contribution in [0.3, 0.4) is 0 Å². The molecule has 0 bridgehead atoms. The van der Waals surface area contributed by atoms with Gasteiger partial charge in [0, 0.05) is 11.5 Å². The lowest BCUT2D eigenvalue weighted by molar-refractivity contribution is 0.271. The molecule has 3 nitrogen and oxygen atoms in total. The quantitative estimate of drug-likeness (QED) is 0.653. The zero-order valence-electron chi connectivity index (χ0n) is 7.87. The highest BCUT2D eigenvalue weighted by molar-refractivity contribution is 5.85. The lowest BCUT2D eigenvalue weighted by atomic mass is 10.1. The van der Waals surface area contributed by atoms with Crippen LogP contribution in [0.1, 0.15) is 0 Å². The van der Waals surface area contributed by atoms with Gasteiger partial charge in [0.25, 0.3) is 5.56 Å². The molecule has 4 heteroatoms. The van der Waals surface area contributed by atoms with E-state index in [1.54, 1.807) is 16.7 Å². The molecule has 1 aromatic heterocycles. The van der Waals surface area contributed by atoms with Gasteiger partial charge in [-0.25, -0.2) is 4.39 Å². The van der Waals surface area contributed by atoms with Gasteiger partial charge >= 0.3 is 0 Å². The second kappa shape index (κ2) is 2.82. The molecule has 2 aromatic rings. The van der Waals surface area contributed by atoms with Gasteiger partial charge in [-0.3, -0.25) is 4.79 Å². The molecule has 15 heavy (non-hydrogen) atoms. The molecule has 0 atom stereocenters. The average molecular weight is 205 g/mol. The van der Waals surface area contributed by atoms with Crippen molar-refractivity contribution in [2.24, 2.45) is 0 Å². The Labute approximate surface area is 84.7 Å². The predicted octanol–water partition coefficient (Wildman–Crippen LogP) is 1.53. The Morgan fingerprint density at radius 2 is 2.07 bits per heavy atom. The van der Waals surface area contributed by atoms with Crippen molar-refractivity contribution in [1.29, 1.82) is 0 Å². The molecule has 3 rings (SSSR count). The first-order valence-electron chi connectivity index (χ1n) is 4.72. The van der Waals surface area contributed by atoms with Crippen LogP contribution < -0.4 is 10.3 Å². The van der Waals surface area contributed by atoms with Gasteiger partial charge in [0.2, 0.25) is 0 Å². The number of halogens is 1. The molecule has 0 spiro atoms. The molecule has 0 amide bonds. The molecule has 0 N–H and O–H groups in total. The van der Waals surface area contributed by atoms with Crippen molar-refractivity contribution in [2.45, 2.75) is 6.54 Å². The summed E-state index contributed by atoms with van der Waals surface area (Å²) in [6.45, 7) is 0.819. The molecule has 76 valence electrons.